The largest absolute Gasteiger partial charge is 0.364 e. The van der Waals surface area contributed by atoms with Crippen LogP contribution >= 0.6 is 11.6 Å². The molecular formula is C15H17ClFN5O3S. The summed E-state index contributed by atoms with van der Waals surface area (Å²) in [6.45, 7) is -0.155. The van der Waals surface area contributed by atoms with Gasteiger partial charge < -0.3 is 5.73 Å². The van der Waals surface area contributed by atoms with Gasteiger partial charge in [0.05, 0.1) is 18.5 Å². The molecule has 1 amide bonds. The van der Waals surface area contributed by atoms with E-state index in [9.17, 15) is 17.6 Å². The molecule has 8 nitrogen and oxygen atoms in total. The van der Waals surface area contributed by atoms with E-state index in [0.717, 1.165) is 4.31 Å². The summed E-state index contributed by atoms with van der Waals surface area (Å²) in [5.41, 5.74) is 5.53. The predicted molar refractivity (Wildman–Crippen MR) is 92.6 cm³/mol. The minimum absolute atomic E-state index is 0.0352. The number of halogens is 2. The van der Waals surface area contributed by atoms with Gasteiger partial charge in [-0.2, -0.15) is 4.31 Å². The van der Waals surface area contributed by atoms with Gasteiger partial charge in [0.1, 0.15) is 6.17 Å². The first-order valence-electron chi connectivity index (χ1n) is 7.83. The van der Waals surface area contributed by atoms with E-state index in [1.807, 2.05) is 0 Å². The lowest BCUT2D eigenvalue weighted by molar-refractivity contribution is 0.0995. The van der Waals surface area contributed by atoms with Gasteiger partial charge in [-0.1, -0.05) is 35.0 Å². The molecule has 1 saturated heterocycles. The molecule has 1 aromatic heterocycles. The average molecular weight is 402 g/mol. The number of nitrogens with two attached hydrogens (primary N) is 1. The summed E-state index contributed by atoms with van der Waals surface area (Å²) in [4.78, 5) is 11.1. The summed E-state index contributed by atoms with van der Waals surface area (Å²) in [5.74, 6) is -1.06. The molecule has 11 heteroatoms. The Balaban J connectivity index is 1.79. The fraction of sp³-hybridized carbons (Fsp3) is 0.400. The van der Waals surface area contributed by atoms with Crippen molar-refractivity contribution in [1.29, 1.82) is 0 Å². The SMILES string of the molecule is NC(=O)c1cn(C[C@@H]2C[C@H](F)CN2S(=O)(=O)Cc2ccccc2Cl)nn1. The molecule has 0 spiro atoms. The highest BCUT2D eigenvalue weighted by molar-refractivity contribution is 7.88. The zero-order valence-corrected chi connectivity index (χ0v) is 15.2. The topological polar surface area (TPSA) is 111 Å². The van der Waals surface area contributed by atoms with Crippen molar-refractivity contribution in [1.82, 2.24) is 19.3 Å². The zero-order valence-electron chi connectivity index (χ0n) is 13.6. The van der Waals surface area contributed by atoms with Crippen LogP contribution in [-0.2, 0) is 22.3 Å². The number of carbonyl (C=O) groups excluding carboxylic acids is 1. The standard InChI is InChI=1S/C15H17ClFN5O3S/c16-13-4-2-1-3-10(13)9-26(24,25)22-6-11(17)5-12(22)7-21-8-14(15(18)23)19-20-21/h1-4,8,11-12H,5-7,9H2,(H2,18,23)/t11-,12-/m0/s1. The fourth-order valence-corrected chi connectivity index (χ4v) is 5.04. The maximum Gasteiger partial charge on any atom is 0.270 e. The number of sulfonamides is 1. The number of benzene rings is 1. The molecule has 2 atom stereocenters. The lowest BCUT2D eigenvalue weighted by atomic mass is 10.2. The molecule has 2 heterocycles. The fourth-order valence-electron chi connectivity index (χ4n) is 2.95. The van der Waals surface area contributed by atoms with E-state index in [1.54, 1.807) is 24.3 Å². The number of nitrogens with zero attached hydrogens (tertiary/aromatic N) is 4. The highest BCUT2D eigenvalue weighted by atomic mass is 35.5. The van der Waals surface area contributed by atoms with Crippen LogP contribution < -0.4 is 5.73 Å². The molecule has 0 unspecified atom stereocenters. The quantitative estimate of drug-likeness (QED) is 0.775. The van der Waals surface area contributed by atoms with Crippen LogP contribution in [0.4, 0.5) is 4.39 Å². The van der Waals surface area contributed by atoms with Crippen LogP contribution in [0.15, 0.2) is 30.5 Å². The first-order valence-corrected chi connectivity index (χ1v) is 9.82. The highest BCUT2D eigenvalue weighted by Crippen LogP contribution is 2.28. The molecule has 1 aromatic carbocycles. The Hall–Kier alpha value is -2.04. The second-order valence-electron chi connectivity index (χ2n) is 6.09. The summed E-state index contributed by atoms with van der Waals surface area (Å²) < 4.78 is 42.0. The van der Waals surface area contributed by atoms with E-state index >= 15 is 0 Å². The van der Waals surface area contributed by atoms with Crippen LogP contribution in [0, 0.1) is 0 Å². The van der Waals surface area contributed by atoms with E-state index in [-0.39, 0.29) is 31.0 Å². The molecule has 1 aliphatic rings. The molecule has 0 bridgehead atoms. The third kappa shape index (κ3) is 4.02. The smallest absolute Gasteiger partial charge is 0.270 e. The van der Waals surface area contributed by atoms with E-state index in [1.165, 1.54) is 10.9 Å². The van der Waals surface area contributed by atoms with Gasteiger partial charge in [0.2, 0.25) is 10.0 Å². The third-order valence-electron chi connectivity index (χ3n) is 4.16. The normalized spacial score (nSPS) is 21.2. The van der Waals surface area contributed by atoms with Gasteiger partial charge in [0, 0.05) is 17.6 Å². The maximum atomic E-state index is 14.0. The molecule has 2 aromatic rings. The number of carbonyl (C=O) groups is 1. The molecule has 0 saturated carbocycles. The molecule has 0 aliphatic carbocycles. The molecule has 3 rings (SSSR count). The Morgan fingerprint density at radius 1 is 1.38 bits per heavy atom. The van der Waals surface area contributed by atoms with Gasteiger partial charge >= 0.3 is 0 Å². The molecule has 1 fully saturated rings. The Morgan fingerprint density at radius 2 is 2.12 bits per heavy atom. The first-order chi connectivity index (χ1) is 12.3. The number of amides is 1. The lowest BCUT2D eigenvalue weighted by Gasteiger charge is -2.23. The zero-order chi connectivity index (χ0) is 18.9. The van der Waals surface area contributed by atoms with E-state index in [4.69, 9.17) is 17.3 Å². The Labute approximate surface area is 154 Å². The van der Waals surface area contributed by atoms with Crippen molar-refractivity contribution < 1.29 is 17.6 Å². The third-order valence-corrected chi connectivity index (χ3v) is 6.36. The van der Waals surface area contributed by atoms with Crippen molar-refractivity contribution in [3.8, 4) is 0 Å². The van der Waals surface area contributed by atoms with Crippen LogP contribution in [0.25, 0.3) is 0 Å². The minimum Gasteiger partial charge on any atom is -0.364 e. The van der Waals surface area contributed by atoms with E-state index in [0.29, 0.717) is 10.6 Å². The Morgan fingerprint density at radius 3 is 2.77 bits per heavy atom. The molecule has 1 aliphatic heterocycles. The predicted octanol–water partition coefficient (Wildman–Crippen LogP) is 0.973. The maximum absolute atomic E-state index is 14.0. The van der Waals surface area contributed by atoms with Gasteiger partial charge in [-0.15, -0.1) is 5.10 Å². The van der Waals surface area contributed by atoms with Crippen LogP contribution in [0.3, 0.4) is 0 Å². The summed E-state index contributed by atoms with van der Waals surface area (Å²) in [6.07, 6.45) is 0.0699. The van der Waals surface area contributed by atoms with Gasteiger partial charge in [0.15, 0.2) is 5.69 Å². The number of hydrogen-bond donors (Lipinski definition) is 1. The van der Waals surface area contributed by atoms with Crippen LogP contribution in [0.5, 0.6) is 0 Å². The number of alkyl halides is 1. The summed E-state index contributed by atoms with van der Waals surface area (Å²) in [5, 5.41) is 7.68. The highest BCUT2D eigenvalue weighted by Gasteiger charge is 2.40. The van der Waals surface area contributed by atoms with E-state index in [2.05, 4.69) is 10.3 Å². The van der Waals surface area contributed by atoms with Gasteiger partial charge in [-0.05, 0) is 18.1 Å². The first kappa shape index (κ1) is 18.7. The summed E-state index contributed by atoms with van der Waals surface area (Å²) >= 11 is 6.04. The number of primary amides is 1. The molecule has 2 N–H and O–H groups in total. The molecule has 0 radical (unpaired) electrons. The van der Waals surface area contributed by atoms with Crippen LogP contribution in [-0.4, -0.2) is 52.4 Å². The van der Waals surface area contributed by atoms with Crippen LogP contribution in [0.2, 0.25) is 5.02 Å². The van der Waals surface area contributed by atoms with Gasteiger partial charge in [0.25, 0.3) is 5.91 Å². The van der Waals surface area contributed by atoms with Crippen molar-refractivity contribution in [3.05, 3.63) is 46.7 Å². The van der Waals surface area contributed by atoms with Gasteiger partial charge in [-0.25, -0.2) is 12.8 Å². The van der Waals surface area contributed by atoms with Crippen molar-refractivity contribution in [2.75, 3.05) is 6.54 Å². The average Bonchev–Trinajstić information content (AvgIpc) is 3.17. The van der Waals surface area contributed by atoms with Crippen molar-refractivity contribution in [2.24, 2.45) is 5.73 Å². The Kier molecular flexibility index (Phi) is 5.26. The molecular weight excluding hydrogens is 385 g/mol. The lowest BCUT2D eigenvalue weighted by Crippen LogP contribution is -2.39. The Bertz CT molecular complexity index is 920. The molecule has 140 valence electrons. The molecule has 26 heavy (non-hydrogen) atoms. The summed E-state index contributed by atoms with van der Waals surface area (Å²) in [6, 6.07) is 5.98. The van der Waals surface area contributed by atoms with Gasteiger partial charge in [-0.3, -0.25) is 9.48 Å². The summed E-state index contributed by atoms with van der Waals surface area (Å²) in [7, 11) is -3.79. The van der Waals surface area contributed by atoms with Crippen molar-refractivity contribution in [3.63, 3.8) is 0 Å². The van der Waals surface area contributed by atoms with Crippen molar-refractivity contribution >= 4 is 27.5 Å². The van der Waals surface area contributed by atoms with Crippen LogP contribution in [0.1, 0.15) is 22.5 Å². The monoisotopic (exact) mass is 401 g/mol. The minimum atomic E-state index is -3.79. The van der Waals surface area contributed by atoms with Crippen molar-refractivity contribution in [2.45, 2.75) is 30.9 Å². The second kappa shape index (κ2) is 7.29. The van der Waals surface area contributed by atoms with E-state index < -0.39 is 28.1 Å². The second-order valence-corrected chi connectivity index (χ2v) is 8.42. The number of rotatable bonds is 6. The number of aromatic nitrogens is 3. The number of hydrogen-bond acceptors (Lipinski definition) is 5.